The third-order valence-electron chi connectivity index (χ3n) is 4.57. The van der Waals surface area contributed by atoms with Gasteiger partial charge in [-0.05, 0) is 48.2 Å². The molecule has 0 radical (unpaired) electrons. The lowest BCUT2D eigenvalue weighted by molar-refractivity contribution is 0.322. The molecule has 26 heavy (non-hydrogen) atoms. The Kier molecular flexibility index (Phi) is 3.88. The van der Waals surface area contributed by atoms with Crippen LogP contribution >= 0.6 is 0 Å². The molecule has 0 bridgehead atoms. The zero-order valence-corrected chi connectivity index (χ0v) is 14.9. The SMILES string of the molecule is CCc1cc2ccc(/C=N/O)cc2nc1-c1nc2cc(C)cnc2n1C. The van der Waals surface area contributed by atoms with Gasteiger partial charge >= 0.3 is 0 Å². The van der Waals surface area contributed by atoms with E-state index >= 15 is 0 Å². The van der Waals surface area contributed by atoms with E-state index in [1.807, 2.05) is 49.0 Å². The van der Waals surface area contributed by atoms with Crippen LogP contribution in [0.2, 0.25) is 0 Å². The Morgan fingerprint density at radius 2 is 2.00 bits per heavy atom. The fourth-order valence-corrected chi connectivity index (χ4v) is 3.23. The van der Waals surface area contributed by atoms with Crippen LogP contribution < -0.4 is 0 Å². The lowest BCUT2D eigenvalue weighted by Gasteiger charge is -2.09. The van der Waals surface area contributed by atoms with Gasteiger partial charge in [0.1, 0.15) is 11.2 Å². The summed E-state index contributed by atoms with van der Waals surface area (Å²) in [6.45, 7) is 4.13. The van der Waals surface area contributed by atoms with E-state index in [4.69, 9.17) is 15.2 Å². The van der Waals surface area contributed by atoms with E-state index in [1.54, 1.807) is 0 Å². The van der Waals surface area contributed by atoms with Crippen LogP contribution in [0.1, 0.15) is 23.6 Å². The summed E-state index contributed by atoms with van der Waals surface area (Å²) < 4.78 is 1.99. The topological polar surface area (TPSA) is 76.2 Å². The Labute approximate surface area is 150 Å². The summed E-state index contributed by atoms with van der Waals surface area (Å²) in [5, 5.41) is 12.9. The maximum atomic E-state index is 8.77. The number of aryl methyl sites for hydroxylation is 3. The minimum absolute atomic E-state index is 0.796. The van der Waals surface area contributed by atoms with Crippen molar-refractivity contribution < 1.29 is 5.21 Å². The van der Waals surface area contributed by atoms with E-state index in [1.165, 1.54) is 6.21 Å². The Morgan fingerprint density at radius 1 is 1.15 bits per heavy atom. The molecule has 0 aliphatic heterocycles. The second-order valence-corrected chi connectivity index (χ2v) is 6.40. The maximum Gasteiger partial charge on any atom is 0.161 e. The molecule has 3 heterocycles. The van der Waals surface area contributed by atoms with Crippen molar-refractivity contribution in [2.45, 2.75) is 20.3 Å². The number of rotatable bonds is 3. The molecule has 0 atom stereocenters. The third-order valence-corrected chi connectivity index (χ3v) is 4.57. The molecule has 0 unspecified atom stereocenters. The van der Waals surface area contributed by atoms with E-state index in [9.17, 15) is 0 Å². The number of nitrogens with zero attached hydrogens (tertiary/aromatic N) is 5. The van der Waals surface area contributed by atoms with Crippen LogP contribution in [0, 0.1) is 6.92 Å². The van der Waals surface area contributed by atoms with E-state index in [-0.39, 0.29) is 0 Å². The second kappa shape index (κ2) is 6.22. The molecule has 4 aromatic rings. The molecule has 6 heteroatoms. The van der Waals surface area contributed by atoms with Gasteiger partial charge in [-0.25, -0.2) is 15.0 Å². The van der Waals surface area contributed by atoms with Crippen molar-refractivity contribution >= 4 is 28.3 Å². The van der Waals surface area contributed by atoms with Gasteiger partial charge in [-0.2, -0.15) is 0 Å². The highest BCUT2D eigenvalue weighted by atomic mass is 16.4. The number of hydrogen-bond acceptors (Lipinski definition) is 5. The summed E-state index contributed by atoms with van der Waals surface area (Å²) in [5.74, 6) is 0.804. The summed E-state index contributed by atoms with van der Waals surface area (Å²) in [7, 11) is 1.97. The molecule has 1 aromatic carbocycles. The summed E-state index contributed by atoms with van der Waals surface area (Å²) in [5.41, 5.74) is 6.42. The molecule has 0 saturated heterocycles. The zero-order valence-electron chi connectivity index (χ0n) is 14.9. The van der Waals surface area contributed by atoms with E-state index in [2.05, 4.69) is 23.1 Å². The van der Waals surface area contributed by atoms with Crippen molar-refractivity contribution in [3.8, 4) is 11.5 Å². The van der Waals surface area contributed by atoms with Crippen LogP contribution in [0.4, 0.5) is 0 Å². The molecular weight excluding hydrogens is 326 g/mol. The van der Waals surface area contributed by atoms with Crippen molar-refractivity contribution in [3.05, 3.63) is 53.2 Å². The Balaban J connectivity index is 1.98. The average molecular weight is 345 g/mol. The summed E-state index contributed by atoms with van der Waals surface area (Å²) in [6, 6.07) is 9.99. The predicted molar refractivity (Wildman–Crippen MR) is 103 cm³/mol. The molecule has 0 saturated carbocycles. The number of imidazole rings is 1. The fourth-order valence-electron chi connectivity index (χ4n) is 3.23. The normalized spacial score (nSPS) is 11.8. The first-order chi connectivity index (χ1) is 12.6. The molecule has 1 N–H and O–H groups in total. The molecule has 0 fully saturated rings. The number of aromatic nitrogens is 4. The van der Waals surface area contributed by atoms with Gasteiger partial charge < -0.3 is 9.77 Å². The zero-order chi connectivity index (χ0) is 18.3. The van der Waals surface area contributed by atoms with Crippen molar-refractivity contribution in [2.24, 2.45) is 12.2 Å². The van der Waals surface area contributed by atoms with Crippen LogP contribution in [0.3, 0.4) is 0 Å². The van der Waals surface area contributed by atoms with Crippen LogP contribution in [-0.4, -0.2) is 30.9 Å². The molecule has 0 amide bonds. The number of hydrogen-bond donors (Lipinski definition) is 1. The minimum atomic E-state index is 0.796. The van der Waals surface area contributed by atoms with Gasteiger partial charge in [0.15, 0.2) is 11.5 Å². The number of benzene rings is 1. The first-order valence-corrected chi connectivity index (χ1v) is 8.51. The van der Waals surface area contributed by atoms with Crippen molar-refractivity contribution in [3.63, 3.8) is 0 Å². The molecule has 0 aliphatic rings. The van der Waals surface area contributed by atoms with Crippen LogP contribution in [-0.2, 0) is 13.5 Å². The first-order valence-electron chi connectivity index (χ1n) is 8.51. The van der Waals surface area contributed by atoms with Gasteiger partial charge in [0, 0.05) is 18.6 Å². The molecule has 4 rings (SSSR count). The van der Waals surface area contributed by atoms with Crippen molar-refractivity contribution in [1.82, 2.24) is 19.5 Å². The van der Waals surface area contributed by atoms with Crippen LogP contribution in [0.25, 0.3) is 33.6 Å². The lowest BCUT2D eigenvalue weighted by Crippen LogP contribution is -2.00. The van der Waals surface area contributed by atoms with Crippen LogP contribution in [0.5, 0.6) is 0 Å². The highest BCUT2D eigenvalue weighted by Gasteiger charge is 2.16. The summed E-state index contributed by atoms with van der Waals surface area (Å²) >= 11 is 0. The van der Waals surface area contributed by atoms with Crippen LogP contribution in [0.15, 0.2) is 41.7 Å². The number of fused-ring (bicyclic) bond motifs is 2. The Bertz CT molecular complexity index is 1160. The standard InChI is InChI=1S/C20H19N5O/c1-4-14-9-15-6-5-13(11-22-26)8-16(15)23-18(14)20-24-17-7-12(2)10-21-19(17)25(20)3/h5-11,26H,4H2,1-3H3/b22-11+. The van der Waals surface area contributed by atoms with Gasteiger partial charge in [-0.1, -0.05) is 24.2 Å². The molecule has 0 spiro atoms. The maximum absolute atomic E-state index is 8.77. The van der Waals surface area contributed by atoms with E-state index in [0.29, 0.717) is 0 Å². The predicted octanol–water partition coefficient (Wildman–Crippen LogP) is 3.86. The highest BCUT2D eigenvalue weighted by molar-refractivity contribution is 5.90. The van der Waals surface area contributed by atoms with Gasteiger partial charge in [-0.15, -0.1) is 0 Å². The average Bonchev–Trinajstić information content (AvgIpc) is 2.96. The first kappa shape index (κ1) is 16.2. The molecule has 6 nitrogen and oxygen atoms in total. The smallest absolute Gasteiger partial charge is 0.161 e. The molecular formula is C20H19N5O. The summed E-state index contributed by atoms with van der Waals surface area (Å²) in [4.78, 5) is 14.2. The quantitative estimate of drug-likeness (QED) is 0.347. The van der Waals surface area contributed by atoms with E-state index < -0.39 is 0 Å². The fraction of sp³-hybridized carbons (Fsp3) is 0.200. The lowest BCUT2D eigenvalue weighted by atomic mass is 10.0. The second-order valence-electron chi connectivity index (χ2n) is 6.40. The highest BCUT2D eigenvalue weighted by Crippen LogP contribution is 2.28. The van der Waals surface area contributed by atoms with Crippen molar-refractivity contribution in [2.75, 3.05) is 0 Å². The Hall–Kier alpha value is -3.28. The van der Waals surface area contributed by atoms with Crippen molar-refractivity contribution in [1.29, 1.82) is 0 Å². The van der Waals surface area contributed by atoms with Gasteiger partial charge in [0.25, 0.3) is 0 Å². The largest absolute Gasteiger partial charge is 0.411 e. The molecule has 130 valence electrons. The Morgan fingerprint density at radius 3 is 2.77 bits per heavy atom. The number of pyridine rings is 2. The van der Waals surface area contributed by atoms with Gasteiger partial charge in [0.2, 0.25) is 0 Å². The number of oxime groups is 1. The third kappa shape index (κ3) is 2.60. The molecule has 0 aliphatic carbocycles. The van der Waals surface area contributed by atoms with E-state index in [0.717, 1.165) is 56.7 Å². The summed E-state index contributed by atoms with van der Waals surface area (Å²) in [6.07, 6.45) is 4.10. The van der Waals surface area contributed by atoms with Gasteiger partial charge in [0.05, 0.1) is 11.7 Å². The minimum Gasteiger partial charge on any atom is -0.411 e. The van der Waals surface area contributed by atoms with Gasteiger partial charge in [-0.3, -0.25) is 0 Å². The molecule has 3 aromatic heterocycles. The monoisotopic (exact) mass is 345 g/mol.